The lowest BCUT2D eigenvalue weighted by Crippen LogP contribution is -2.23. The summed E-state index contributed by atoms with van der Waals surface area (Å²) in [5.41, 5.74) is 4.11. The van der Waals surface area contributed by atoms with Crippen LogP contribution in [0.2, 0.25) is 0 Å². The van der Waals surface area contributed by atoms with E-state index in [1.807, 2.05) is 13.0 Å². The number of fused-ring (bicyclic) bond motifs is 2. The summed E-state index contributed by atoms with van der Waals surface area (Å²) in [6.07, 6.45) is 3.88. The van der Waals surface area contributed by atoms with Gasteiger partial charge in [0.1, 0.15) is 5.39 Å². The topological polar surface area (TPSA) is 89.7 Å². The Morgan fingerprint density at radius 2 is 2.10 bits per heavy atom. The van der Waals surface area contributed by atoms with Gasteiger partial charge in [-0.25, -0.2) is 19.3 Å². The number of nitrogens with zero attached hydrogens (tertiary/aromatic N) is 5. The van der Waals surface area contributed by atoms with Crippen molar-refractivity contribution in [1.82, 2.24) is 29.6 Å². The zero-order valence-corrected chi connectivity index (χ0v) is 16.4. The zero-order chi connectivity index (χ0) is 20.7. The van der Waals surface area contributed by atoms with Crippen LogP contribution in [0.1, 0.15) is 18.1 Å². The molecule has 0 atom stereocenters. The fourth-order valence-corrected chi connectivity index (χ4v) is 3.85. The van der Waals surface area contributed by atoms with Crippen molar-refractivity contribution in [2.75, 3.05) is 11.9 Å². The Labute approximate surface area is 171 Å². The largest absolute Gasteiger partial charge is 0.324 e. The van der Waals surface area contributed by atoms with Crippen molar-refractivity contribution in [3.8, 4) is 5.69 Å². The van der Waals surface area contributed by atoms with Gasteiger partial charge in [0.15, 0.2) is 5.65 Å². The number of pyridine rings is 1. The van der Waals surface area contributed by atoms with E-state index in [0.29, 0.717) is 29.2 Å². The number of aromatic nitrogens is 5. The molecule has 0 saturated heterocycles. The van der Waals surface area contributed by atoms with Crippen LogP contribution in [0.4, 0.5) is 16.0 Å². The maximum Gasteiger partial charge on any atom is 0.278 e. The SMILES string of the molecule is CCn1c(=O)c2cnc(Nc3ccc4c(c3)CNCC4)nc2n1-c1ccnc(F)c1. The Bertz CT molecular complexity index is 1310. The second kappa shape index (κ2) is 7.34. The van der Waals surface area contributed by atoms with Crippen molar-refractivity contribution < 1.29 is 4.39 Å². The van der Waals surface area contributed by atoms with Crippen LogP contribution >= 0.6 is 0 Å². The van der Waals surface area contributed by atoms with Gasteiger partial charge in [-0.1, -0.05) is 6.07 Å². The van der Waals surface area contributed by atoms with E-state index in [0.717, 1.165) is 25.2 Å². The van der Waals surface area contributed by atoms with Gasteiger partial charge in [-0.15, -0.1) is 0 Å². The molecule has 30 heavy (non-hydrogen) atoms. The van der Waals surface area contributed by atoms with Crippen LogP contribution < -0.4 is 16.2 Å². The fourth-order valence-electron chi connectivity index (χ4n) is 3.85. The van der Waals surface area contributed by atoms with Gasteiger partial charge < -0.3 is 10.6 Å². The second-order valence-corrected chi connectivity index (χ2v) is 7.14. The number of halogens is 1. The minimum atomic E-state index is -0.625. The van der Waals surface area contributed by atoms with Crippen LogP contribution in [0.3, 0.4) is 0 Å². The maximum absolute atomic E-state index is 13.7. The van der Waals surface area contributed by atoms with Crippen LogP contribution in [0.15, 0.2) is 47.5 Å². The van der Waals surface area contributed by atoms with Gasteiger partial charge in [-0.3, -0.25) is 4.79 Å². The molecule has 0 radical (unpaired) electrons. The van der Waals surface area contributed by atoms with Gasteiger partial charge >= 0.3 is 0 Å². The first-order valence-corrected chi connectivity index (χ1v) is 9.84. The Kier molecular flexibility index (Phi) is 4.51. The summed E-state index contributed by atoms with van der Waals surface area (Å²) in [7, 11) is 0. The molecule has 1 aliphatic heterocycles. The summed E-state index contributed by atoms with van der Waals surface area (Å²) >= 11 is 0. The first-order valence-electron chi connectivity index (χ1n) is 9.84. The van der Waals surface area contributed by atoms with E-state index >= 15 is 0 Å². The first kappa shape index (κ1) is 18.4. The maximum atomic E-state index is 13.7. The highest BCUT2D eigenvalue weighted by molar-refractivity contribution is 5.77. The lowest BCUT2D eigenvalue weighted by atomic mass is 10.0. The van der Waals surface area contributed by atoms with E-state index in [1.165, 1.54) is 34.3 Å². The third-order valence-electron chi connectivity index (χ3n) is 5.28. The van der Waals surface area contributed by atoms with Crippen LogP contribution in [0, 0.1) is 5.95 Å². The fraction of sp³-hybridized carbons (Fsp3) is 0.238. The normalized spacial score (nSPS) is 13.4. The molecule has 1 aliphatic rings. The summed E-state index contributed by atoms with van der Waals surface area (Å²) in [5, 5.41) is 6.96. The average molecular weight is 405 g/mol. The highest BCUT2D eigenvalue weighted by Crippen LogP contribution is 2.22. The Hall–Kier alpha value is -3.59. The van der Waals surface area contributed by atoms with Gasteiger partial charge in [-0.2, -0.15) is 9.37 Å². The molecule has 0 unspecified atom stereocenters. The first-order chi connectivity index (χ1) is 14.6. The molecule has 8 nitrogen and oxygen atoms in total. The smallest absolute Gasteiger partial charge is 0.278 e. The predicted molar refractivity (Wildman–Crippen MR) is 112 cm³/mol. The van der Waals surface area contributed by atoms with E-state index in [2.05, 4.69) is 37.7 Å². The number of anilines is 2. The summed E-state index contributed by atoms with van der Waals surface area (Å²) in [6, 6.07) is 9.11. The summed E-state index contributed by atoms with van der Waals surface area (Å²) in [4.78, 5) is 25.3. The molecular formula is C21H20FN7O. The number of hydrogen-bond acceptors (Lipinski definition) is 6. The molecule has 5 rings (SSSR count). The standard InChI is InChI=1S/C21H20FN7O/c1-2-28-20(30)17-12-25-21(26-15-4-3-13-5-7-23-11-14(13)9-15)27-19(17)29(28)16-6-8-24-18(22)10-16/h3-4,6,8-10,12,23H,2,5,7,11H2,1H3,(H,25,26,27). The molecule has 4 aromatic rings. The van der Waals surface area contributed by atoms with E-state index in [-0.39, 0.29) is 5.56 Å². The molecule has 0 amide bonds. The third kappa shape index (κ3) is 3.13. The zero-order valence-electron chi connectivity index (χ0n) is 16.4. The lowest BCUT2D eigenvalue weighted by molar-refractivity contribution is 0.558. The van der Waals surface area contributed by atoms with E-state index in [1.54, 1.807) is 10.7 Å². The van der Waals surface area contributed by atoms with E-state index in [4.69, 9.17) is 0 Å². The van der Waals surface area contributed by atoms with Crippen molar-refractivity contribution in [2.24, 2.45) is 0 Å². The van der Waals surface area contributed by atoms with Crippen LogP contribution in [0.5, 0.6) is 0 Å². The Balaban J connectivity index is 1.60. The quantitative estimate of drug-likeness (QED) is 0.507. The minimum absolute atomic E-state index is 0.226. The monoisotopic (exact) mass is 405 g/mol. The molecular weight excluding hydrogens is 385 g/mol. The summed E-state index contributed by atoms with van der Waals surface area (Å²) in [6.45, 7) is 4.07. The molecule has 4 heterocycles. The van der Waals surface area contributed by atoms with Gasteiger partial charge in [0.05, 0.1) is 5.69 Å². The number of nitrogens with one attached hydrogen (secondary N) is 2. The van der Waals surface area contributed by atoms with E-state index < -0.39 is 5.95 Å². The molecule has 1 aromatic carbocycles. The Morgan fingerprint density at radius 1 is 1.20 bits per heavy atom. The van der Waals surface area contributed by atoms with Crippen molar-refractivity contribution >= 4 is 22.7 Å². The van der Waals surface area contributed by atoms with Gasteiger partial charge in [0.2, 0.25) is 11.9 Å². The molecule has 2 N–H and O–H groups in total. The lowest BCUT2D eigenvalue weighted by Gasteiger charge is -2.18. The molecule has 9 heteroatoms. The molecule has 0 aliphatic carbocycles. The van der Waals surface area contributed by atoms with Crippen LogP contribution in [-0.4, -0.2) is 30.9 Å². The van der Waals surface area contributed by atoms with Gasteiger partial charge in [0, 0.05) is 37.2 Å². The van der Waals surface area contributed by atoms with Gasteiger partial charge in [-0.05, 0) is 49.2 Å². The average Bonchev–Trinajstić information content (AvgIpc) is 3.04. The van der Waals surface area contributed by atoms with Crippen molar-refractivity contribution in [1.29, 1.82) is 0 Å². The minimum Gasteiger partial charge on any atom is -0.324 e. The Morgan fingerprint density at radius 3 is 2.93 bits per heavy atom. The summed E-state index contributed by atoms with van der Waals surface area (Å²) < 4.78 is 16.8. The number of rotatable bonds is 4. The number of hydrogen-bond donors (Lipinski definition) is 2. The molecule has 0 fully saturated rings. The summed E-state index contributed by atoms with van der Waals surface area (Å²) in [5.74, 6) is -0.262. The van der Waals surface area contributed by atoms with Crippen molar-refractivity contribution in [3.05, 3.63) is 70.2 Å². The third-order valence-corrected chi connectivity index (χ3v) is 5.28. The molecule has 0 saturated carbocycles. The number of benzene rings is 1. The van der Waals surface area contributed by atoms with Crippen LogP contribution in [0.25, 0.3) is 16.7 Å². The molecule has 0 spiro atoms. The predicted octanol–water partition coefficient (Wildman–Crippen LogP) is 2.53. The second-order valence-electron chi connectivity index (χ2n) is 7.14. The van der Waals surface area contributed by atoms with Gasteiger partial charge in [0.25, 0.3) is 5.56 Å². The van der Waals surface area contributed by atoms with Crippen molar-refractivity contribution in [2.45, 2.75) is 26.4 Å². The van der Waals surface area contributed by atoms with Crippen LogP contribution in [-0.2, 0) is 19.5 Å². The highest BCUT2D eigenvalue weighted by Gasteiger charge is 2.17. The highest BCUT2D eigenvalue weighted by atomic mass is 19.1. The van der Waals surface area contributed by atoms with E-state index in [9.17, 15) is 9.18 Å². The molecule has 152 valence electrons. The molecule has 3 aromatic heterocycles. The van der Waals surface area contributed by atoms with Crippen molar-refractivity contribution in [3.63, 3.8) is 0 Å². The molecule has 0 bridgehead atoms.